The van der Waals surface area contributed by atoms with Crippen molar-refractivity contribution in [2.75, 3.05) is 13.7 Å². The van der Waals surface area contributed by atoms with E-state index < -0.39 is 5.91 Å². The molecule has 3 rings (SSSR count). The smallest absolute Gasteiger partial charge is 0.346 e. The van der Waals surface area contributed by atoms with Crippen LogP contribution >= 0.6 is 0 Å². The highest BCUT2D eigenvalue weighted by Crippen LogP contribution is 2.18. The minimum absolute atomic E-state index is 0.0766. The number of rotatable bonds is 5. The molecule has 2 aromatic carbocycles. The van der Waals surface area contributed by atoms with E-state index in [2.05, 4.69) is 5.32 Å². The van der Waals surface area contributed by atoms with Crippen molar-refractivity contribution in [2.45, 2.75) is 27.2 Å². The Balaban J connectivity index is 1.84. The molecule has 1 N–H and O–H groups in total. The zero-order valence-corrected chi connectivity index (χ0v) is 16.4. The Kier molecular flexibility index (Phi) is 5.35. The molecule has 1 amide bonds. The van der Waals surface area contributed by atoms with Crippen LogP contribution in [0, 0.1) is 30.9 Å². The number of nitrogens with zero attached hydrogens (tertiary/aromatic N) is 2. The molecule has 28 heavy (non-hydrogen) atoms. The average Bonchev–Trinajstić information content (AvgIpc) is 2.68. The van der Waals surface area contributed by atoms with Crippen LogP contribution < -0.4 is 14.5 Å². The summed E-state index contributed by atoms with van der Waals surface area (Å²) in [5.74, 6) is 0.197. The van der Waals surface area contributed by atoms with E-state index in [0.717, 1.165) is 22.4 Å². The molecule has 146 valence electrons. The largest absolute Gasteiger partial charge is 0.805 e. The van der Waals surface area contributed by atoms with Crippen LogP contribution in [0.25, 0.3) is 11.0 Å². The summed E-state index contributed by atoms with van der Waals surface area (Å²) in [6.45, 7) is 5.56. The van der Waals surface area contributed by atoms with Gasteiger partial charge in [-0.25, -0.2) is 0 Å². The maximum absolute atomic E-state index is 12.8. The number of nitrogens with one attached hydrogen (secondary N) is 1. The van der Waals surface area contributed by atoms with Crippen molar-refractivity contribution >= 4 is 16.9 Å². The molecule has 1 aromatic heterocycles. The highest BCUT2D eigenvalue weighted by atomic mass is 16.5. The zero-order chi connectivity index (χ0) is 20.4. The first-order chi connectivity index (χ1) is 13.3. The zero-order valence-electron chi connectivity index (χ0n) is 16.4. The fraction of sp³-hybridized carbons (Fsp3) is 0.286. The second kappa shape index (κ2) is 7.72. The number of carbonyl (C=O) groups excluding carboxylic acids is 1. The number of benzene rings is 2. The summed E-state index contributed by atoms with van der Waals surface area (Å²) >= 11 is 0. The molecule has 0 fully saturated rings. The van der Waals surface area contributed by atoms with Crippen LogP contribution in [-0.2, 0) is 6.42 Å². The molecule has 7 nitrogen and oxygen atoms in total. The van der Waals surface area contributed by atoms with Crippen LogP contribution in [0.2, 0.25) is 0 Å². The molecule has 0 aliphatic carbocycles. The van der Waals surface area contributed by atoms with Crippen molar-refractivity contribution in [1.82, 2.24) is 10.0 Å². The van der Waals surface area contributed by atoms with E-state index >= 15 is 0 Å². The van der Waals surface area contributed by atoms with Crippen molar-refractivity contribution in [1.29, 1.82) is 0 Å². The maximum atomic E-state index is 12.8. The maximum Gasteiger partial charge on any atom is 0.346 e. The van der Waals surface area contributed by atoms with Gasteiger partial charge in [0.05, 0.1) is 17.2 Å². The Bertz CT molecular complexity index is 1100. The number of carbonyl (C=O) groups is 1. The highest BCUT2D eigenvalue weighted by molar-refractivity contribution is 5.93. The molecule has 0 spiro atoms. The molecular weight excluding hydrogens is 358 g/mol. The average molecular weight is 381 g/mol. The predicted molar refractivity (Wildman–Crippen MR) is 107 cm³/mol. The van der Waals surface area contributed by atoms with E-state index in [9.17, 15) is 14.9 Å². The van der Waals surface area contributed by atoms with Gasteiger partial charge in [0.25, 0.3) is 5.52 Å². The lowest BCUT2D eigenvalue weighted by atomic mass is 10.1. The molecule has 0 saturated carbocycles. The Morgan fingerprint density at radius 1 is 1.14 bits per heavy atom. The standard InChI is InChI=1S/C21H23N3O4/c1-13-11-18-19(12-14(13)2)24(27)20(15(3)23(18)26)21(25)22-10-9-16-5-7-17(28-4)8-6-16/h5-8,11-12H,9-10H2,1-4H3,(H,22,25). The highest BCUT2D eigenvalue weighted by Gasteiger charge is 2.27. The first-order valence-corrected chi connectivity index (χ1v) is 9.01. The van der Waals surface area contributed by atoms with Crippen molar-refractivity contribution in [3.05, 3.63) is 74.6 Å². The minimum atomic E-state index is -0.564. The number of hydrogen-bond acceptors (Lipinski definition) is 4. The van der Waals surface area contributed by atoms with E-state index in [-0.39, 0.29) is 22.4 Å². The number of hydrogen-bond donors (Lipinski definition) is 1. The first-order valence-electron chi connectivity index (χ1n) is 9.01. The quantitative estimate of drug-likeness (QED) is 0.688. The molecule has 7 heteroatoms. The molecule has 0 unspecified atom stereocenters. The van der Waals surface area contributed by atoms with Gasteiger partial charge in [0.2, 0.25) is 0 Å². The summed E-state index contributed by atoms with van der Waals surface area (Å²) < 4.78 is 6.32. The van der Waals surface area contributed by atoms with Crippen molar-refractivity contribution in [3.63, 3.8) is 0 Å². The van der Waals surface area contributed by atoms with Crippen LogP contribution in [0.1, 0.15) is 32.9 Å². The third-order valence-electron chi connectivity index (χ3n) is 4.95. The number of aryl methyl sites for hydroxylation is 2. The normalized spacial score (nSPS) is 10.9. The van der Waals surface area contributed by atoms with Gasteiger partial charge in [0.15, 0.2) is 0 Å². The van der Waals surface area contributed by atoms with Gasteiger partial charge in [-0.2, -0.15) is 0 Å². The van der Waals surface area contributed by atoms with Gasteiger partial charge in [0.1, 0.15) is 11.3 Å². The Labute approximate surface area is 162 Å². The number of fused-ring (bicyclic) bond motifs is 1. The van der Waals surface area contributed by atoms with E-state index in [1.54, 1.807) is 19.2 Å². The van der Waals surface area contributed by atoms with Gasteiger partial charge >= 0.3 is 11.6 Å². The third-order valence-corrected chi connectivity index (χ3v) is 4.95. The second-order valence-corrected chi connectivity index (χ2v) is 6.80. The molecule has 0 bridgehead atoms. The van der Waals surface area contributed by atoms with Crippen LogP contribution in [0.4, 0.5) is 0 Å². The lowest BCUT2D eigenvalue weighted by molar-refractivity contribution is -0.468. The van der Waals surface area contributed by atoms with Crippen molar-refractivity contribution in [2.24, 2.45) is 0 Å². The number of ether oxygens (including phenoxy) is 1. The summed E-state index contributed by atoms with van der Waals surface area (Å²) in [6, 6.07) is 10.8. The Morgan fingerprint density at radius 3 is 2.43 bits per heavy atom. The molecule has 0 aliphatic heterocycles. The summed E-state index contributed by atoms with van der Waals surface area (Å²) in [7, 11) is 1.60. The van der Waals surface area contributed by atoms with Gasteiger partial charge in [-0.3, -0.25) is 4.79 Å². The predicted octanol–water partition coefficient (Wildman–Crippen LogP) is 2.81. The molecule has 1 heterocycles. The molecule has 3 aromatic rings. The van der Waals surface area contributed by atoms with Crippen LogP contribution in [0.5, 0.6) is 5.75 Å². The van der Waals surface area contributed by atoms with Crippen LogP contribution in [-0.4, -0.2) is 24.3 Å². The van der Waals surface area contributed by atoms with Gasteiger partial charge in [0, 0.05) is 17.5 Å². The molecule has 0 atom stereocenters. The van der Waals surface area contributed by atoms with Gasteiger partial charge in [-0.1, -0.05) is 12.1 Å². The monoisotopic (exact) mass is 381 g/mol. The first kappa shape index (κ1) is 19.4. The van der Waals surface area contributed by atoms with Crippen molar-refractivity contribution in [3.8, 4) is 5.75 Å². The summed E-state index contributed by atoms with van der Waals surface area (Å²) in [4.78, 5) is 25.4. The van der Waals surface area contributed by atoms with E-state index in [1.807, 2.05) is 38.1 Å². The molecule has 0 aliphatic rings. The summed E-state index contributed by atoms with van der Waals surface area (Å²) in [6.07, 6.45) is 0.594. The lowest BCUT2D eigenvalue weighted by Crippen LogP contribution is -2.37. The lowest BCUT2D eigenvalue weighted by Gasteiger charge is -2.17. The van der Waals surface area contributed by atoms with Crippen LogP contribution in [0.15, 0.2) is 36.4 Å². The number of amides is 1. The van der Waals surface area contributed by atoms with Crippen molar-refractivity contribution < 1.29 is 14.0 Å². The van der Waals surface area contributed by atoms with E-state index in [4.69, 9.17) is 4.74 Å². The SMILES string of the molecule is COc1ccc(CCNC(=O)c2c(C)n([O-])c3cc(C)c(C)cc3[n+]2=O)cc1. The van der Waals surface area contributed by atoms with Gasteiger partial charge in [-0.15, -0.1) is 0 Å². The van der Waals surface area contributed by atoms with E-state index in [0.29, 0.717) is 22.1 Å². The Hall–Kier alpha value is -3.35. The van der Waals surface area contributed by atoms with E-state index in [1.165, 1.54) is 6.92 Å². The number of methoxy groups -OCH3 is 1. The molecule has 0 radical (unpaired) electrons. The fourth-order valence-corrected chi connectivity index (χ4v) is 3.11. The number of aromatic nitrogens is 2. The fourth-order valence-electron chi connectivity index (χ4n) is 3.11. The topological polar surface area (TPSA) is 89.3 Å². The second-order valence-electron chi connectivity index (χ2n) is 6.80. The van der Waals surface area contributed by atoms with Gasteiger partial charge in [-0.05, 0) is 62.1 Å². The Morgan fingerprint density at radius 2 is 1.79 bits per heavy atom. The molecule has 0 saturated heterocycles. The molecular formula is C21H23N3O4. The van der Waals surface area contributed by atoms with Gasteiger partial charge < -0.3 is 20.0 Å². The van der Waals surface area contributed by atoms with Crippen LogP contribution in [0.3, 0.4) is 0 Å². The summed E-state index contributed by atoms with van der Waals surface area (Å²) in [5, 5.41) is 15.3. The summed E-state index contributed by atoms with van der Waals surface area (Å²) in [5.41, 5.74) is 3.15. The minimum Gasteiger partial charge on any atom is -0.805 e. The third kappa shape index (κ3) is 3.55.